The molecule has 1 N–H and O–H groups in total. The van der Waals surface area contributed by atoms with E-state index in [1.54, 1.807) is 4.90 Å². The molecule has 1 aliphatic heterocycles. The van der Waals surface area contributed by atoms with Gasteiger partial charge in [-0.3, -0.25) is 0 Å². The van der Waals surface area contributed by atoms with Crippen LogP contribution in [0.3, 0.4) is 0 Å². The van der Waals surface area contributed by atoms with E-state index in [2.05, 4.69) is 5.32 Å². The first-order valence-electron chi connectivity index (χ1n) is 5.32. The Balaban J connectivity index is 2.29. The van der Waals surface area contributed by atoms with Gasteiger partial charge in [0.15, 0.2) is 0 Å². The lowest BCUT2D eigenvalue weighted by Crippen LogP contribution is -2.45. The maximum atomic E-state index is 11.4. The molecule has 1 amide bonds. The number of hydrogen-bond acceptors (Lipinski definition) is 3. The van der Waals surface area contributed by atoms with E-state index in [4.69, 9.17) is 17.0 Å². The Hall–Kier alpha value is -0.840. The highest BCUT2D eigenvalue weighted by molar-refractivity contribution is 7.80. The Labute approximate surface area is 96.0 Å². The molecular weight excluding hydrogens is 212 g/mol. The molecule has 1 saturated heterocycles. The van der Waals surface area contributed by atoms with Crippen molar-refractivity contribution in [3.05, 3.63) is 0 Å². The largest absolute Gasteiger partial charge is 0.450 e. The molecule has 1 aliphatic rings. The molecule has 0 aromatic carbocycles. The highest BCUT2D eigenvalue weighted by Crippen LogP contribution is 2.11. The van der Waals surface area contributed by atoms with Crippen LogP contribution >= 0.6 is 12.2 Å². The molecule has 86 valence electrons. The number of thiocarbonyl (C=S) groups is 1. The zero-order valence-corrected chi connectivity index (χ0v) is 10.1. The number of nitrogens with zero attached hydrogens (tertiary/aromatic N) is 1. The summed E-state index contributed by atoms with van der Waals surface area (Å²) >= 11 is 4.98. The van der Waals surface area contributed by atoms with E-state index in [9.17, 15) is 4.79 Å². The highest BCUT2D eigenvalue weighted by Gasteiger charge is 2.23. The van der Waals surface area contributed by atoms with Crippen molar-refractivity contribution >= 4 is 23.3 Å². The van der Waals surface area contributed by atoms with Crippen molar-refractivity contribution in [2.45, 2.75) is 32.7 Å². The number of piperidine rings is 1. The Morgan fingerprint density at radius 3 is 2.60 bits per heavy atom. The number of carbonyl (C=O) groups excluding carboxylic acids is 1. The fourth-order valence-corrected chi connectivity index (χ4v) is 1.88. The lowest BCUT2D eigenvalue weighted by Gasteiger charge is -2.31. The second-order valence-electron chi connectivity index (χ2n) is 3.66. The quantitative estimate of drug-likeness (QED) is 0.731. The van der Waals surface area contributed by atoms with E-state index in [0.29, 0.717) is 12.6 Å². The van der Waals surface area contributed by atoms with Crippen molar-refractivity contribution in [1.82, 2.24) is 10.2 Å². The topological polar surface area (TPSA) is 41.6 Å². The van der Waals surface area contributed by atoms with Gasteiger partial charge in [0, 0.05) is 19.1 Å². The summed E-state index contributed by atoms with van der Waals surface area (Å²) in [4.78, 5) is 14.0. The number of likely N-dealkylation sites (tertiary alicyclic amines) is 1. The maximum absolute atomic E-state index is 11.4. The molecule has 0 spiro atoms. The Kier molecular flexibility index (Phi) is 4.81. The molecule has 1 heterocycles. The molecule has 0 unspecified atom stereocenters. The van der Waals surface area contributed by atoms with E-state index >= 15 is 0 Å². The number of carbonyl (C=O) groups is 1. The molecule has 5 heteroatoms. The second kappa shape index (κ2) is 5.90. The van der Waals surface area contributed by atoms with Crippen LogP contribution < -0.4 is 5.32 Å². The van der Waals surface area contributed by atoms with Crippen molar-refractivity contribution in [2.24, 2.45) is 0 Å². The summed E-state index contributed by atoms with van der Waals surface area (Å²) in [7, 11) is 0. The molecule has 0 aromatic heterocycles. The lowest BCUT2D eigenvalue weighted by atomic mass is 10.1. The third kappa shape index (κ3) is 4.03. The van der Waals surface area contributed by atoms with Crippen molar-refractivity contribution in [1.29, 1.82) is 0 Å². The summed E-state index contributed by atoms with van der Waals surface area (Å²) in [6.07, 6.45) is 1.68. The third-order valence-corrected chi connectivity index (χ3v) is 2.55. The molecule has 15 heavy (non-hydrogen) atoms. The zero-order valence-electron chi connectivity index (χ0n) is 9.28. The van der Waals surface area contributed by atoms with Gasteiger partial charge < -0.3 is 15.0 Å². The average Bonchev–Trinajstić information content (AvgIpc) is 2.18. The van der Waals surface area contributed by atoms with E-state index in [0.717, 1.165) is 30.9 Å². The minimum Gasteiger partial charge on any atom is -0.450 e. The maximum Gasteiger partial charge on any atom is 0.409 e. The fourth-order valence-electron chi connectivity index (χ4n) is 1.71. The first-order valence-corrected chi connectivity index (χ1v) is 5.73. The Bertz CT molecular complexity index is 238. The van der Waals surface area contributed by atoms with E-state index in [1.165, 1.54) is 0 Å². The number of rotatable bonds is 2. The predicted molar refractivity (Wildman–Crippen MR) is 63.0 cm³/mol. The average molecular weight is 230 g/mol. The van der Waals surface area contributed by atoms with Gasteiger partial charge in [-0.1, -0.05) is 12.2 Å². The van der Waals surface area contributed by atoms with Gasteiger partial charge in [0.1, 0.15) is 0 Å². The summed E-state index contributed by atoms with van der Waals surface area (Å²) < 4.78 is 4.94. The van der Waals surface area contributed by atoms with Gasteiger partial charge >= 0.3 is 6.09 Å². The zero-order chi connectivity index (χ0) is 11.3. The molecule has 0 bridgehead atoms. The molecule has 0 saturated carbocycles. The molecule has 0 aromatic rings. The first kappa shape index (κ1) is 12.2. The first-order chi connectivity index (χ1) is 7.13. The van der Waals surface area contributed by atoms with Crippen LogP contribution in [0, 0.1) is 0 Å². The molecular formula is C10H18N2O2S. The summed E-state index contributed by atoms with van der Waals surface area (Å²) in [6.45, 7) is 5.64. The van der Waals surface area contributed by atoms with Crippen molar-refractivity contribution in [3.63, 3.8) is 0 Å². The monoisotopic (exact) mass is 230 g/mol. The number of hydrogen-bond donors (Lipinski definition) is 1. The SMILES string of the molecule is CCOC(=O)N1CCC(NC(C)=S)CC1. The van der Waals surface area contributed by atoms with Gasteiger partial charge in [-0.05, 0) is 26.7 Å². The Morgan fingerprint density at radius 2 is 2.13 bits per heavy atom. The van der Waals surface area contributed by atoms with Gasteiger partial charge in [-0.2, -0.15) is 0 Å². The molecule has 4 nitrogen and oxygen atoms in total. The van der Waals surface area contributed by atoms with Gasteiger partial charge in [-0.25, -0.2) is 4.79 Å². The predicted octanol–water partition coefficient (Wildman–Crippen LogP) is 1.54. The summed E-state index contributed by atoms with van der Waals surface area (Å²) in [5.41, 5.74) is 0. The molecule has 1 fully saturated rings. The van der Waals surface area contributed by atoms with Crippen LogP contribution in [0.1, 0.15) is 26.7 Å². The van der Waals surface area contributed by atoms with Crippen molar-refractivity contribution in [3.8, 4) is 0 Å². The minimum atomic E-state index is -0.199. The van der Waals surface area contributed by atoms with Crippen molar-refractivity contribution < 1.29 is 9.53 Å². The van der Waals surface area contributed by atoms with Crippen LogP contribution in [0.25, 0.3) is 0 Å². The van der Waals surface area contributed by atoms with Crippen LogP contribution in [-0.2, 0) is 4.74 Å². The van der Waals surface area contributed by atoms with Crippen LogP contribution in [0.2, 0.25) is 0 Å². The standard InChI is InChI=1S/C10H18N2O2S/c1-3-14-10(13)12-6-4-9(5-7-12)11-8(2)15/h9H,3-7H2,1-2H3,(H,11,15). The number of nitrogens with one attached hydrogen (secondary N) is 1. The van der Waals surface area contributed by atoms with Crippen LogP contribution in [0.15, 0.2) is 0 Å². The van der Waals surface area contributed by atoms with Gasteiger partial charge in [0.25, 0.3) is 0 Å². The van der Waals surface area contributed by atoms with Crippen molar-refractivity contribution in [2.75, 3.05) is 19.7 Å². The smallest absolute Gasteiger partial charge is 0.409 e. The molecule has 1 rings (SSSR count). The van der Waals surface area contributed by atoms with Gasteiger partial charge in [0.05, 0.1) is 11.6 Å². The van der Waals surface area contributed by atoms with E-state index in [1.807, 2.05) is 13.8 Å². The Morgan fingerprint density at radius 1 is 1.53 bits per heavy atom. The minimum absolute atomic E-state index is 0.199. The highest BCUT2D eigenvalue weighted by atomic mass is 32.1. The molecule has 0 radical (unpaired) electrons. The van der Waals surface area contributed by atoms with Crippen LogP contribution in [0.4, 0.5) is 4.79 Å². The lowest BCUT2D eigenvalue weighted by molar-refractivity contribution is 0.0964. The fraction of sp³-hybridized carbons (Fsp3) is 0.800. The van der Waals surface area contributed by atoms with Gasteiger partial charge in [0.2, 0.25) is 0 Å². The second-order valence-corrected chi connectivity index (χ2v) is 4.27. The van der Waals surface area contributed by atoms with E-state index < -0.39 is 0 Å². The number of ether oxygens (including phenoxy) is 1. The summed E-state index contributed by atoms with van der Waals surface area (Å²) in [5.74, 6) is 0. The third-order valence-electron chi connectivity index (χ3n) is 2.43. The molecule has 0 aliphatic carbocycles. The van der Waals surface area contributed by atoms with E-state index in [-0.39, 0.29) is 6.09 Å². The normalized spacial score (nSPS) is 17.3. The summed E-state index contributed by atoms with van der Waals surface area (Å²) in [5, 5.41) is 3.23. The van der Waals surface area contributed by atoms with Gasteiger partial charge in [-0.15, -0.1) is 0 Å². The summed E-state index contributed by atoms with van der Waals surface area (Å²) in [6, 6.07) is 0.410. The molecule has 0 atom stereocenters. The van der Waals surface area contributed by atoms with Crippen LogP contribution in [0.5, 0.6) is 0 Å². The number of amides is 1. The van der Waals surface area contributed by atoms with Crippen LogP contribution in [-0.4, -0.2) is 41.7 Å².